The van der Waals surface area contributed by atoms with Gasteiger partial charge < -0.3 is 9.30 Å². The van der Waals surface area contributed by atoms with Crippen LogP contribution in [-0.4, -0.2) is 27.4 Å². The molecule has 7 heteroatoms. The zero-order valence-electron chi connectivity index (χ0n) is 10.6. The molecule has 0 amide bonds. The van der Waals surface area contributed by atoms with E-state index in [-0.39, 0.29) is 11.3 Å². The second-order valence-corrected chi connectivity index (χ2v) is 4.10. The summed E-state index contributed by atoms with van der Waals surface area (Å²) in [6, 6.07) is 4.14. The summed E-state index contributed by atoms with van der Waals surface area (Å²) in [5.41, 5.74) is -0.201. The smallest absolute Gasteiger partial charge is 0.280 e. The lowest BCUT2D eigenvalue weighted by atomic mass is 10.2. The number of aldehydes is 1. The van der Waals surface area contributed by atoms with E-state index in [0.717, 1.165) is 13.0 Å². The molecule has 1 heterocycles. The molecule has 0 aliphatic carbocycles. The summed E-state index contributed by atoms with van der Waals surface area (Å²) in [5.74, 6) is 0.448. The Bertz CT molecular complexity index is 596. The Hall–Kier alpha value is -2.70. The van der Waals surface area contributed by atoms with Crippen molar-refractivity contribution in [3.63, 3.8) is 0 Å². The van der Waals surface area contributed by atoms with Crippen molar-refractivity contribution in [2.45, 2.75) is 13.0 Å². The molecule has 0 radical (unpaired) electrons. The highest BCUT2D eigenvalue weighted by molar-refractivity contribution is 5.82. The third-order valence-electron chi connectivity index (χ3n) is 2.71. The molecule has 1 aromatic carbocycles. The molecule has 1 aromatic heterocycles. The molecule has 7 nitrogen and oxygen atoms in total. The SMILES string of the molecule is O=Cc1cc(OCCCn2ccnc2)ccc1[N+](=O)[O-]. The predicted molar refractivity (Wildman–Crippen MR) is 70.8 cm³/mol. The first-order chi connectivity index (χ1) is 9.70. The third-order valence-corrected chi connectivity index (χ3v) is 2.71. The average molecular weight is 275 g/mol. The maximum absolute atomic E-state index is 10.8. The van der Waals surface area contributed by atoms with Crippen LogP contribution in [0.4, 0.5) is 5.69 Å². The Balaban J connectivity index is 1.89. The number of hydrogen-bond donors (Lipinski definition) is 0. The number of carbonyl (C=O) groups excluding carboxylic acids is 1. The van der Waals surface area contributed by atoms with Gasteiger partial charge in [0.15, 0.2) is 6.29 Å². The summed E-state index contributed by atoms with van der Waals surface area (Å²) in [6.45, 7) is 1.22. The first kappa shape index (κ1) is 13.7. The van der Waals surface area contributed by atoms with E-state index in [9.17, 15) is 14.9 Å². The number of rotatable bonds is 7. The van der Waals surface area contributed by atoms with E-state index >= 15 is 0 Å². The Labute approximate surface area is 115 Å². The molecule has 0 atom stereocenters. The van der Waals surface area contributed by atoms with Crippen LogP contribution >= 0.6 is 0 Å². The lowest BCUT2D eigenvalue weighted by molar-refractivity contribution is -0.385. The van der Waals surface area contributed by atoms with Crippen LogP contribution in [0.3, 0.4) is 0 Å². The van der Waals surface area contributed by atoms with Crippen LogP contribution in [-0.2, 0) is 6.54 Å². The standard InChI is InChI=1S/C13H13N3O4/c17-9-11-8-12(2-3-13(11)16(18)19)20-7-1-5-15-6-4-14-10-15/h2-4,6,8-10H,1,5,7H2. The summed E-state index contributed by atoms with van der Waals surface area (Å²) in [5, 5.41) is 10.7. The Morgan fingerprint density at radius 1 is 1.45 bits per heavy atom. The van der Waals surface area contributed by atoms with Crippen molar-refractivity contribution in [2.75, 3.05) is 6.61 Å². The maximum atomic E-state index is 10.8. The van der Waals surface area contributed by atoms with Crippen molar-refractivity contribution in [1.82, 2.24) is 9.55 Å². The third kappa shape index (κ3) is 3.41. The number of aromatic nitrogens is 2. The predicted octanol–water partition coefficient (Wildman–Crippen LogP) is 2.07. The molecule has 0 spiro atoms. The highest BCUT2D eigenvalue weighted by Gasteiger charge is 2.13. The van der Waals surface area contributed by atoms with Crippen LogP contribution < -0.4 is 4.74 Å². The molecule has 0 aliphatic rings. The van der Waals surface area contributed by atoms with E-state index in [2.05, 4.69) is 4.98 Å². The molecule has 0 bridgehead atoms. The highest BCUT2D eigenvalue weighted by Crippen LogP contribution is 2.22. The topological polar surface area (TPSA) is 87.3 Å². The normalized spacial score (nSPS) is 10.2. The Morgan fingerprint density at radius 3 is 2.95 bits per heavy atom. The minimum absolute atomic E-state index is 0.0158. The number of aryl methyl sites for hydroxylation is 1. The number of hydrogen-bond acceptors (Lipinski definition) is 5. The summed E-state index contributed by atoms with van der Waals surface area (Å²) < 4.78 is 7.39. The van der Waals surface area contributed by atoms with E-state index in [1.807, 2.05) is 10.8 Å². The van der Waals surface area contributed by atoms with Crippen molar-refractivity contribution in [3.8, 4) is 5.75 Å². The molecule has 0 fully saturated rings. The van der Waals surface area contributed by atoms with Crippen molar-refractivity contribution < 1.29 is 14.5 Å². The van der Waals surface area contributed by atoms with E-state index in [1.54, 1.807) is 12.5 Å². The second kappa shape index (κ2) is 6.46. The molecule has 0 aliphatic heterocycles. The van der Waals surface area contributed by atoms with Gasteiger partial charge in [-0.05, 0) is 18.6 Å². The average Bonchev–Trinajstić information content (AvgIpc) is 2.96. The molecule has 0 saturated heterocycles. The van der Waals surface area contributed by atoms with Gasteiger partial charge in [-0.2, -0.15) is 0 Å². The number of benzene rings is 1. The van der Waals surface area contributed by atoms with E-state index in [4.69, 9.17) is 4.74 Å². The quantitative estimate of drug-likeness (QED) is 0.334. The van der Waals surface area contributed by atoms with Crippen molar-refractivity contribution >= 4 is 12.0 Å². The molecule has 104 valence electrons. The van der Waals surface area contributed by atoms with Crippen LogP contribution in [0.5, 0.6) is 5.75 Å². The molecule has 20 heavy (non-hydrogen) atoms. The molecule has 2 aromatic rings. The number of ether oxygens (including phenoxy) is 1. The minimum Gasteiger partial charge on any atom is -0.493 e. The number of carbonyl (C=O) groups is 1. The first-order valence-corrected chi connectivity index (χ1v) is 6.03. The van der Waals surface area contributed by atoms with Crippen LogP contribution in [0.1, 0.15) is 16.8 Å². The molecular weight excluding hydrogens is 262 g/mol. The van der Waals surface area contributed by atoms with E-state index in [1.165, 1.54) is 18.2 Å². The maximum Gasteiger partial charge on any atom is 0.280 e. The summed E-state index contributed by atoms with van der Waals surface area (Å²) in [6.07, 6.45) is 6.50. The summed E-state index contributed by atoms with van der Waals surface area (Å²) >= 11 is 0. The van der Waals surface area contributed by atoms with Crippen LogP contribution in [0.2, 0.25) is 0 Å². The van der Waals surface area contributed by atoms with Gasteiger partial charge in [0.05, 0.1) is 23.4 Å². The van der Waals surface area contributed by atoms with Gasteiger partial charge in [-0.1, -0.05) is 0 Å². The lowest BCUT2D eigenvalue weighted by Gasteiger charge is -2.07. The molecule has 0 unspecified atom stereocenters. The zero-order valence-corrected chi connectivity index (χ0v) is 10.6. The fraction of sp³-hybridized carbons (Fsp3) is 0.231. The molecule has 0 N–H and O–H groups in total. The van der Waals surface area contributed by atoms with Gasteiger partial charge in [-0.15, -0.1) is 0 Å². The van der Waals surface area contributed by atoms with Gasteiger partial charge in [-0.25, -0.2) is 4.98 Å². The summed E-state index contributed by atoms with van der Waals surface area (Å²) in [7, 11) is 0. The fourth-order valence-corrected chi connectivity index (χ4v) is 1.74. The van der Waals surface area contributed by atoms with Crippen LogP contribution in [0, 0.1) is 10.1 Å². The summed E-state index contributed by atoms with van der Waals surface area (Å²) in [4.78, 5) is 24.8. The second-order valence-electron chi connectivity index (χ2n) is 4.10. The van der Waals surface area contributed by atoms with Crippen molar-refractivity contribution in [1.29, 1.82) is 0 Å². The van der Waals surface area contributed by atoms with Gasteiger partial charge in [0.25, 0.3) is 5.69 Å². The van der Waals surface area contributed by atoms with Gasteiger partial charge in [0.2, 0.25) is 0 Å². The molecule has 2 rings (SSSR count). The lowest BCUT2D eigenvalue weighted by Crippen LogP contribution is -2.03. The van der Waals surface area contributed by atoms with Crippen LogP contribution in [0.25, 0.3) is 0 Å². The number of nitro groups is 1. The van der Waals surface area contributed by atoms with Crippen molar-refractivity contribution in [2.24, 2.45) is 0 Å². The zero-order chi connectivity index (χ0) is 14.4. The van der Waals surface area contributed by atoms with E-state index in [0.29, 0.717) is 18.6 Å². The van der Waals surface area contributed by atoms with Crippen molar-refractivity contribution in [3.05, 3.63) is 52.6 Å². The monoisotopic (exact) mass is 275 g/mol. The Morgan fingerprint density at radius 2 is 2.30 bits per heavy atom. The van der Waals surface area contributed by atoms with Gasteiger partial charge in [-0.3, -0.25) is 14.9 Å². The van der Waals surface area contributed by atoms with E-state index < -0.39 is 4.92 Å². The number of imidazole rings is 1. The Kier molecular flexibility index (Phi) is 4.43. The fourth-order valence-electron chi connectivity index (χ4n) is 1.74. The highest BCUT2D eigenvalue weighted by atomic mass is 16.6. The van der Waals surface area contributed by atoms with Gasteiger partial charge in [0, 0.05) is 25.0 Å². The molecule has 0 saturated carbocycles. The number of nitrogens with zero attached hydrogens (tertiary/aromatic N) is 3. The first-order valence-electron chi connectivity index (χ1n) is 6.03. The largest absolute Gasteiger partial charge is 0.493 e. The minimum atomic E-state index is -0.591. The number of nitro benzene ring substituents is 1. The van der Waals surface area contributed by atoms with Crippen LogP contribution in [0.15, 0.2) is 36.9 Å². The van der Waals surface area contributed by atoms with Gasteiger partial charge >= 0.3 is 0 Å². The molecular formula is C13H13N3O4. The van der Waals surface area contributed by atoms with Gasteiger partial charge in [0.1, 0.15) is 5.75 Å².